The molecule has 0 unspecified atom stereocenters. The molecular weight excluding hydrogens is 248 g/mol. The summed E-state index contributed by atoms with van der Waals surface area (Å²) in [5, 5.41) is 8.79. The molecule has 0 radical (unpaired) electrons. The summed E-state index contributed by atoms with van der Waals surface area (Å²) in [7, 11) is 0. The van der Waals surface area contributed by atoms with Crippen molar-refractivity contribution in [3.8, 4) is 6.07 Å². The SMILES string of the molecule is CCOC(=O)c1ccnc(Br)c1C#N. The molecule has 5 heteroatoms. The van der Waals surface area contributed by atoms with Gasteiger partial charge >= 0.3 is 5.97 Å². The van der Waals surface area contributed by atoms with Crippen molar-refractivity contribution in [2.45, 2.75) is 6.92 Å². The van der Waals surface area contributed by atoms with E-state index in [1.54, 1.807) is 6.92 Å². The van der Waals surface area contributed by atoms with Crippen molar-refractivity contribution in [1.82, 2.24) is 4.98 Å². The van der Waals surface area contributed by atoms with Crippen molar-refractivity contribution in [2.24, 2.45) is 0 Å². The summed E-state index contributed by atoms with van der Waals surface area (Å²) in [5.41, 5.74) is 0.433. The van der Waals surface area contributed by atoms with E-state index in [4.69, 9.17) is 10.00 Å². The van der Waals surface area contributed by atoms with E-state index in [9.17, 15) is 4.79 Å². The van der Waals surface area contributed by atoms with Gasteiger partial charge in [-0.1, -0.05) is 0 Å². The van der Waals surface area contributed by atoms with Crippen molar-refractivity contribution >= 4 is 21.9 Å². The fourth-order valence-corrected chi connectivity index (χ4v) is 1.34. The number of rotatable bonds is 2. The van der Waals surface area contributed by atoms with Crippen molar-refractivity contribution < 1.29 is 9.53 Å². The average Bonchev–Trinajstić information content (AvgIpc) is 2.17. The highest BCUT2D eigenvalue weighted by Gasteiger charge is 2.14. The molecule has 0 atom stereocenters. The van der Waals surface area contributed by atoms with E-state index >= 15 is 0 Å². The molecule has 14 heavy (non-hydrogen) atoms. The molecule has 0 saturated carbocycles. The fourth-order valence-electron chi connectivity index (χ4n) is 0.922. The van der Waals surface area contributed by atoms with E-state index in [0.29, 0.717) is 4.60 Å². The lowest BCUT2D eigenvalue weighted by Gasteiger charge is -2.03. The maximum Gasteiger partial charge on any atom is 0.339 e. The van der Waals surface area contributed by atoms with Crippen LogP contribution in [0.15, 0.2) is 16.9 Å². The summed E-state index contributed by atoms with van der Waals surface area (Å²) < 4.78 is 5.14. The zero-order chi connectivity index (χ0) is 10.6. The van der Waals surface area contributed by atoms with Gasteiger partial charge in [-0.05, 0) is 28.9 Å². The average molecular weight is 255 g/mol. The number of carbonyl (C=O) groups is 1. The molecule has 1 aromatic rings. The third kappa shape index (κ3) is 2.09. The molecule has 0 N–H and O–H groups in total. The molecule has 0 amide bonds. The van der Waals surface area contributed by atoms with Crippen molar-refractivity contribution in [3.63, 3.8) is 0 Å². The Morgan fingerprint density at radius 1 is 1.79 bits per heavy atom. The third-order valence-corrected chi connectivity index (χ3v) is 2.11. The van der Waals surface area contributed by atoms with Crippen LogP contribution in [0.1, 0.15) is 22.8 Å². The first kappa shape index (κ1) is 10.7. The molecule has 72 valence electrons. The van der Waals surface area contributed by atoms with Crippen LogP contribution in [-0.4, -0.2) is 17.6 Å². The Morgan fingerprint density at radius 2 is 2.50 bits per heavy atom. The number of carbonyl (C=O) groups excluding carboxylic acids is 1. The van der Waals surface area contributed by atoms with E-state index < -0.39 is 5.97 Å². The molecule has 0 bridgehead atoms. The number of halogens is 1. The number of hydrogen-bond donors (Lipinski definition) is 0. The number of ether oxygens (including phenoxy) is 1. The standard InChI is InChI=1S/C9H7BrN2O2/c1-2-14-9(13)6-3-4-12-8(10)7(6)5-11/h3-4H,2H2,1H3. The van der Waals surface area contributed by atoms with Gasteiger partial charge < -0.3 is 4.74 Å². The van der Waals surface area contributed by atoms with Gasteiger partial charge in [-0.15, -0.1) is 0 Å². The minimum atomic E-state index is -0.507. The van der Waals surface area contributed by atoms with Crippen LogP contribution < -0.4 is 0 Å². The summed E-state index contributed by atoms with van der Waals surface area (Å²) >= 11 is 3.09. The molecule has 0 aliphatic rings. The molecule has 1 aromatic heterocycles. The van der Waals surface area contributed by atoms with Crippen molar-refractivity contribution in [2.75, 3.05) is 6.61 Å². The maximum absolute atomic E-state index is 11.4. The predicted molar refractivity (Wildman–Crippen MR) is 52.6 cm³/mol. The van der Waals surface area contributed by atoms with Gasteiger partial charge in [0.15, 0.2) is 0 Å². The number of esters is 1. The number of nitrogens with zero attached hydrogens (tertiary/aromatic N) is 2. The first-order valence-corrected chi connectivity index (χ1v) is 4.71. The van der Waals surface area contributed by atoms with E-state index in [-0.39, 0.29) is 17.7 Å². The lowest BCUT2D eigenvalue weighted by Crippen LogP contribution is -2.07. The molecule has 1 rings (SSSR count). The first-order chi connectivity index (χ1) is 6.70. The molecule has 0 aliphatic heterocycles. The molecule has 0 saturated heterocycles. The summed E-state index contributed by atoms with van der Waals surface area (Å²) in [6, 6.07) is 3.35. The lowest BCUT2D eigenvalue weighted by molar-refractivity contribution is 0.0525. The van der Waals surface area contributed by atoms with Crippen LogP contribution in [0.2, 0.25) is 0 Å². The molecule has 0 aromatic carbocycles. The zero-order valence-corrected chi connectivity index (χ0v) is 9.04. The van der Waals surface area contributed by atoms with Crippen LogP contribution in [0.25, 0.3) is 0 Å². The fraction of sp³-hybridized carbons (Fsp3) is 0.222. The number of aromatic nitrogens is 1. The predicted octanol–water partition coefficient (Wildman–Crippen LogP) is 1.89. The Balaban J connectivity index is 3.15. The summed E-state index contributed by atoms with van der Waals surface area (Å²) in [6.07, 6.45) is 1.44. The van der Waals surface area contributed by atoms with Crippen LogP contribution in [-0.2, 0) is 4.74 Å². The highest BCUT2D eigenvalue weighted by Crippen LogP contribution is 2.17. The van der Waals surface area contributed by atoms with Crippen LogP contribution in [0.5, 0.6) is 0 Å². The van der Waals surface area contributed by atoms with Crippen LogP contribution >= 0.6 is 15.9 Å². The molecule has 0 aliphatic carbocycles. The Kier molecular flexibility index (Phi) is 3.60. The minimum Gasteiger partial charge on any atom is -0.462 e. The zero-order valence-electron chi connectivity index (χ0n) is 7.45. The van der Waals surface area contributed by atoms with Gasteiger partial charge in [0.05, 0.1) is 17.7 Å². The van der Waals surface area contributed by atoms with Gasteiger partial charge in [-0.3, -0.25) is 0 Å². The van der Waals surface area contributed by atoms with Gasteiger partial charge in [0.1, 0.15) is 10.7 Å². The Hall–Kier alpha value is -1.41. The van der Waals surface area contributed by atoms with Crippen LogP contribution in [0, 0.1) is 11.3 Å². The Bertz CT molecular complexity index is 398. The molecule has 4 nitrogen and oxygen atoms in total. The maximum atomic E-state index is 11.4. The van der Waals surface area contributed by atoms with Gasteiger partial charge in [0, 0.05) is 6.20 Å². The second-order valence-corrected chi connectivity index (χ2v) is 3.11. The second kappa shape index (κ2) is 4.72. The number of pyridine rings is 1. The molecule has 0 fully saturated rings. The van der Waals surface area contributed by atoms with E-state index in [1.807, 2.05) is 6.07 Å². The minimum absolute atomic E-state index is 0.200. The molecule has 0 spiro atoms. The highest BCUT2D eigenvalue weighted by molar-refractivity contribution is 9.10. The smallest absolute Gasteiger partial charge is 0.339 e. The summed E-state index contributed by atoms with van der Waals surface area (Å²) in [6.45, 7) is 1.99. The van der Waals surface area contributed by atoms with Crippen LogP contribution in [0.4, 0.5) is 0 Å². The second-order valence-electron chi connectivity index (χ2n) is 2.36. The van der Waals surface area contributed by atoms with E-state index in [2.05, 4.69) is 20.9 Å². The lowest BCUT2D eigenvalue weighted by atomic mass is 10.1. The van der Waals surface area contributed by atoms with Gasteiger partial charge in [-0.25, -0.2) is 9.78 Å². The Labute approximate surface area is 89.6 Å². The first-order valence-electron chi connectivity index (χ1n) is 3.92. The topological polar surface area (TPSA) is 63.0 Å². The summed E-state index contributed by atoms with van der Waals surface area (Å²) in [4.78, 5) is 15.2. The third-order valence-electron chi connectivity index (χ3n) is 1.51. The number of nitriles is 1. The van der Waals surface area contributed by atoms with E-state index in [0.717, 1.165) is 0 Å². The highest BCUT2D eigenvalue weighted by atomic mass is 79.9. The van der Waals surface area contributed by atoms with Gasteiger partial charge in [-0.2, -0.15) is 5.26 Å². The quantitative estimate of drug-likeness (QED) is 0.598. The normalized spacial score (nSPS) is 9.21. The van der Waals surface area contributed by atoms with Crippen molar-refractivity contribution in [1.29, 1.82) is 5.26 Å². The summed E-state index contributed by atoms with van der Waals surface area (Å²) in [5.74, 6) is -0.507. The number of hydrogen-bond acceptors (Lipinski definition) is 4. The molecular formula is C9H7BrN2O2. The van der Waals surface area contributed by atoms with Gasteiger partial charge in [0.25, 0.3) is 0 Å². The van der Waals surface area contributed by atoms with Crippen LogP contribution in [0.3, 0.4) is 0 Å². The van der Waals surface area contributed by atoms with E-state index in [1.165, 1.54) is 12.3 Å². The van der Waals surface area contributed by atoms with Gasteiger partial charge in [0.2, 0.25) is 0 Å². The Morgan fingerprint density at radius 3 is 3.07 bits per heavy atom. The monoisotopic (exact) mass is 254 g/mol. The van der Waals surface area contributed by atoms with Crippen molar-refractivity contribution in [3.05, 3.63) is 28.0 Å². The molecule has 1 heterocycles. The largest absolute Gasteiger partial charge is 0.462 e.